The minimum Gasteiger partial charge on any atom is -0.312 e. The molecule has 17 heavy (non-hydrogen) atoms. The maximum absolute atomic E-state index is 3.66. The number of nitrogens with one attached hydrogen (secondary N) is 1. The molecule has 2 fully saturated rings. The number of hydrogen-bond acceptors (Lipinski definition) is 2. The van der Waals surface area contributed by atoms with Gasteiger partial charge < -0.3 is 10.2 Å². The van der Waals surface area contributed by atoms with Crippen molar-refractivity contribution >= 4 is 0 Å². The molecule has 0 aliphatic heterocycles. The summed E-state index contributed by atoms with van der Waals surface area (Å²) in [7, 11) is 2.33. The molecule has 2 nitrogen and oxygen atoms in total. The number of rotatable bonds is 5. The van der Waals surface area contributed by atoms with Crippen molar-refractivity contribution in [1.29, 1.82) is 0 Å². The van der Waals surface area contributed by atoms with E-state index in [2.05, 4.69) is 45.0 Å². The van der Waals surface area contributed by atoms with Crippen LogP contribution >= 0.6 is 0 Å². The molecule has 2 aliphatic carbocycles. The van der Waals surface area contributed by atoms with Gasteiger partial charge in [0.15, 0.2) is 0 Å². The Labute approximate surface area is 107 Å². The Bertz CT molecular complexity index is 256. The van der Waals surface area contributed by atoms with Crippen molar-refractivity contribution in [2.75, 3.05) is 20.1 Å². The summed E-state index contributed by atoms with van der Waals surface area (Å²) in [5.74, 6) is 2.87. The number of nitrogens with zero attached hydrogens (tertiary/aromatic N) is 1. The molecule has 2 heteroatoms. The third-order valence-electron chi connectivity index (χ3n) is 4.64. The van der Waals surface area contributed by atoms with E-state index in [9.17, 15) is 0 Å². The number of hydrogen-bond donors (Lipinski definition) is 1. The molecular formula is C15H30N2. The van der Waals surface area contributed by atoms with Crippen LogP contribution in [-0.4, -0.2) is 36.6 Å². The van der Waals surface area contributed by atoms with Crippen LogP contribution < -0.4 is 5.32 Å². The molecule has 100 valence electrons. The first-order chi connectivity index (χ1) is 7.87. The first kappa shape index (κ1) is 13.4. The van der Waals surface area contributed by atoms with Crippen LogP contribution in [-0.2, 0) is 0 Å². The second-order valence-electron chi connectivity index (χ2n) is 7.45. The van der Waals surface area contributed by atoms with Gasteiger partial charge in [0.1, 0.15) is 0 Å². The molecule has 4 unspecified atom stereocenters. The molecule has 0 aromatic carbocycles. The van der Waals surface area contributed by atoms with Crippen LogP contribution in [0.4, 0.5) is 0 Å². The topological polar surface area (TPSA) is 15.3 Å². The predicted molar refractivity (Wildman–Crippen MR) is 74.2 cm³/mol. The lowest BCUT2D eigenvalue weighted by atomic mass is 9.78. The molecule has 0 saturated heterocycles. The van der Waals surface area contributed by atoms with Gasteiger partial charge in [0.25, 0.3) is 0 Å². The molecule has 1 N–H and O–H groups in total. The molecule has 4 atom stereocenters. The molecule has 2 aliphatic rings. The molecular weight excluding hydrogens is 208 g/mol. The normalized spacial score (nSPS) is 37.1. The van der Waals surface area contributed by atoms with Crippen molar-refractivity contribution in [3.8, 4) is 0 Å². The zero-order valence-corrected chi connectivity index (χ0v) is 12.3. The Morgan fingerprint density at radius 3 is 2.24 bits per heavy atom. The Hall–Kier alpha value is -0.0800. The van der Waals surface area contributed by atoms with Gasteiger partial charge in [-0.15, -0.1) is 0 Å². The third kappa shape index (κ3) is 3.69. The average Bonchev–Trinajstić information content (AvgIpc) is 2.77. The lowest BCUT2D eigenvalue weighted by molar-refractivity contribution is 0.0748. The van der Waals surface area contributed by atoms with Gasteiger partial charge >= 0.3 is 0 Å². The fraction of sp³-hybridized carbons (Fsp3) is 1.00. The van der Waals surface area contributed by atoms with Crippen molar-refractivity contribution < 1.29 is 0 Å². The largest absolute Gasteiger partial charge is 0.312 e. The Balaban J connectivity index is 1.70. The highest BCUT2D eigenvalue weighted by Gasteiger charge is 2.39. The van der Waals surface area contributed by atoms with Crippen LogP contribution in [0.1, 0.15) is 47.0 Å². The van der Waals surface area contributed by atoms with Crippen molar-refractivity contribution in [2.45, 2.75) is 58.5 Å². The van der Waals surface area contributed by atoms with Gasteiger partial charge in [-0.3, -0.25) is 0 Å². The van der Waals surface area contributed by atoms with E-state index in [0.717, 1.165) is 23.8 Å². The van der Waals surface area contributed by atoms with Crippen molar-refractivity contribution in [2.24, 2.45) is 17.8 Å². The van der Waals surface area contributed by atoms with E-state index in [1.54, 1.807) is 0 Å². The van der Waals surface area contributed by atoms with Crippen molar-refractivity contribution in [1.82, 2.24) is 10.2 Å². The van der Waals surface area contributed by atoms with Crippen LogP contribution in [0.15, 0.2) is 0 Å². The summed E-state index contributed by atoms with van der Waals surface area (Å²) in [6, 6.07) is 0.845. The summed E-state index contributed by atoms with van der Waals surface area (Å²) >= 11 is 0. The molecule has 0 amide bonds. The van der Waals surface area contributed by atoms with Gasteiger partial charge in [-0.25, -0.2) is 0 Å². The van der Waals surface area contributed by atoms with Gasteiger partial charge in [0.2, 0.25) is 0 Å². The lowest BCUT2D eigenvalue weighted by Gasteiger charge is -2.44. The third-order valence-corrected chi connectivity index (χ3v) is 4.64. The van der Waals surface area contributed by atoms with E-state index in [-0.39, 0.29) is 5.54 Å². The van der Waals surface area contributed by atoms with E-state index in [0.29, 0.717) is 0 Å². The summed E-state index contributed by atoms with van der Waals surface area (Å²) in [5, 5.41) is 3.66. The highest BCUT2D eigenvalue weighted by atomic mass is 15.2. The highest BCUT2D eigenvalue weighted by Crippen LogP contribution is 2.40. The summed E-state index contributed by atoms with van der Waals surface area (Å²) < 4.78 is 0. The average molecular weight is 238 g/mol. The summed E-state index contributed by atoms with van der Waals surface area (Å²) in [6.07, 6.45) is 4.29. The van der Waals surface area contributed by atoms with E-state index < -0.39 is 0 Å². The standard InChI is InChI=1S/C15H30N2/c1-11-8-13(11)10-17(5)14-7-6-12(14)9-16-15(2,3)4/h11-14,16H,6-10H2,1-5H3. The van der Waals surface area contributed by atoms with Crippen LogP contribution in [0.5, 0.6) is 0 Å². The molecule has 2 rings (SSSR count). The van der Waals surface area contributed by atoms with E-state index in [1.807, 2.05) is 0 Å². The zero-order valence-electron chi connectivity index (χ0n) is 12.3. The smallest absolute Gasteiger partial charge is 0.0133 e. The maximum atomic E-state index is 3.66. The van der Waals surface area contributed by atoms with Gasteiger partial charge in [0.05, 0.1) is 0 Å². The summed E-state index contributed by atoms with van der Waals surface area (Å²) in [6.45, 7) is 11.7. The Kier molecular flexibility index (Phi) is 3.84. The fourth-order valence-corrected chi connectivity index (χ4v) is 2.97. The molecule has 0 radical (unpaired) electrons. The van der Waals surface area contributed by atoms with E-state index in [1.165, 1.54) is 32.4 Å². The van der Waals surface area contributed by atoms with Crippen LogP contribution in [0.3, 0.4) is 0 Å². The Morgan fingerprint density at radius 1 is 1.18 bits per heavy atom. The minimum absolute atomic E-state index is 0.268. The minimum atomic E-state index is 0.268. The van der Waals surface area contributed by atoms with Gasteiger partial charge in [-0.05, 0) is 71.4 Å². The van der Waals surface area contributed by atoms with E-state index in [4.69, 9.17) is 0 Å². The monoisotopic (exact) mass is 238 g/mol. The SMILES string of the molecule is CC1CC1CN(C)C1CCC1CNC(C)(C)C. The highest BCUT2D eigenvalue weighted by molar-refractivity contribution is 4.93. The van der Waals surface area contributed by atoms with Crippen molar-refractivity contribution in [3.63, 3.8) is 0 Å². The zero-order chi connectivity index (χ0) is 12.6. The van der Waals surface area contributed by atoms with Gasteiger partial charge in [-0.1, -0.05) is 6.92 Å². The fourth-order valence-electron chi connectivity index (χ4n) is 2.97. The Morgan fingerprint density at radius 2 is 1.82 bits per heavy atom. The molecule has 2 saturated carbocycles. The quantitative estimate of drug-likeness (QED) is 0.792. The van der Waals surface area contributed by atoms with Crippen LogP contribution in [0.2, 0.25) is 0 Å². The van der Waals surface area contributed by atoms with Gasteiger partial charge in [-0.2, -0.15) is 0 Å². The van der Waals surface area contributed by atoms with Crippen LogP contribution in [0, 0.1) is 17.8 Å². The molecule has 0 aromatic rings. The van der Waals surface area contributed by atoms with Crippen LogP contribution in [0.25, 0.3) is 0 Å². The first-order valence-electron chi connectivity index (χ1n) is 7.32. The second-order valence-corrected chi connectivity index (χ2v) is 7.45. The molecule has 0 aromatic heterocycles. The molecule has 0 heterocycles. The summed E-state index contributed by atoms with van der Waals surface area (Å²) in [5.41, 5.74) is 0.268. The van der Waals surface area contributed by atoms with Gasteiger partial charge in [0, 0.05) is 18.1 Å². The maximum Gasteiger partial charge on any atom is 0.0133 e. The molecule has 0 spiro atoms. The summed E-state index contributed by atoms with van der Waals surface area (Å²) in [4.78, 5) is 2.63. The second kappa shape index (κ2) is 4.89. The van der Waals surface area contributed by atoms with E-state index >= 15 is 0 Å². The molecule has 0 bridgehead atoms. The van der Waals surface area contributed by atoms with Crippen molar-refractivity contribution in [3.05, 3.63) is 0 Å². The predicted octanol–water partition coefficient (Wildman–Crippen LogP) is 2.74. The lowest BCUT2D eigenvalue weighted by Crippen LogP contribution is -2.52. The first-order valence-corrected chi connectivity index (χ1v) is 7.32.